The molecule has 0 amide bonds. The Balaban J connectivity index is 1.89. The maximum atomic E-state index is 10.8. The molecule has 0 spiro atoms. The Kier molecular flexibility index (Phi) is 2.16. The first-order valence-electron chi connectivity index (χ1n) is 6.83. The summed E-state index contributed by atoms with van der Waals surface area (Å²) in [5, 5.41) is 10.1. The summed E-state index contributed by atoms with van der Waals surface area (Å²) >= 11 is 0. The van der Waals surface area contributed by atoms with Gasteiger partial charge >= 0.3 is 5.97 Å². The molecule has 5 rings (SSSR count). The van der Waals surface area contributed by atoms with Crippen LogP contribution in [0.15, 0.2) is 18.2 Å². The van der Waals surface area contributed by atoms with Gasteiger partial charge in [-0.05, 0) is 36.5 Å². The summed E-state index contributed by atoms with van der Waals surface area (Å²) < 4.78 is 0. The fraction of sp³-hybridized carbons (Fsp3) is 0.400. The first-order valence-corrected chi connectivity index (χ1v) is 6.83. The third-order valence-electron chi connectivity index (χ3n) is 4.46. The molecule has 3 aliphatic heterocycles. The number of aromatic nitrogens is 1. The summed E-state index contributed by atoms with van der Waals surface area (Å²) in [5.74, 6) is 1.15. The molecular formula is C15H16N2O2. The van der Waals surface area contributed by atoms with E-state index in [9.17, 15) is 4.79 Å². The van der Waals surface area contributed by atoms with Crippen molar-refractivity contribution in [3.8, 4) is 0 Å². The molecule has 1 fully saturated rings. The SMILES string of the molecule is O=C(O)Cc1ccc2[nH]c3c(c2c1)C1CCN3CC1. The van der Waals surface area contributed by atoms with Crippen molar-refractivity contribution in [2.24, 2.45) is 0 Å². The van der Waals surface area contributed by atoms with Gasteiger partial charge in [0, 0.05) is 29.6 Å². The van der Waals surface area contributed by atoms with Crippen LogP contribution >= 0.6 is 0 Å². The number of hydrogen-bond acceptors (Lipinski definition) is 2. The molecule has 2 N–H and O–H groups in total. The molecule has 0 atom stereocenters. The number of piperidine rings is 1. The van der Waals surface area contributed by atoms with Crippen LogP contribution in [0.2, 0.25) is 0 Å². The summed E-state index contributed by atoms with van der Waals surface area (Å²) in [6.07, 6.45) is 2.55. The lowest BCUT2D eigenvalue weighted by molar-refractivity contribution is -0.136. The molecule has 0 radical (unpaired) electrons. The number of carboxylic acids is 1. The van der Waals surface area contributed by atoms with Gasteiger partial charge in [-0.25, -0.2) is 0 Å². The van der Waals surface area contributed by atoms with Crippen molar-refractivity contribution < 1.29 is 9.90 Å². The van der Waals surface area contributed by atoms with E-state index < -0.39 is 5.97 Å². The van der Waals surface area contributed by atoms with Crippen molar-refractivity contribution in [1.82, 2.24) is 4.98 Å². The molecule has 4 heterocycles. The van der Waals surface area contributed by atoms with Gasteiger partial charge in [-0.15, -0.1) is 0 Å². The van der Waals surface area contributed by atoms with Gasteiger partial charge in [0.25, 0.3) is 0 Å². The normalized spacial score (nSPS) is 18.0. The van der Waals surface area contributed by atoms with E-state index in [1.807, 2.05) is 12.1 Å². The van der Waals surface area contributed by atoms with Gasteiger partial charge < -0.3 is 15.0 Å². The fourth-order valence-electron chi connectivity index (χ4n) is 3.58. The maximum Gasteiger partial charge on any atom is 0.307 e. The molecule has 3 aliphatic rings. The largest absolute Gasteiger partial charge is 0.481 e. The number of H-pyrrole nitrogens is 1. The molecule has 0 aliphatic carbocycles. The molecule has 1 aromatic heterocycles. The Morgan fingerprint density at radius 2 is 2.16 bits per heavy atom. The number of nitrogens with one attached hydrogen (secondary N) is 1. The summed E-state index contributed by atoms with van der Waals surface area (Å²) in [5.41, 5.74) is 3.44. The lowest BCUT2D eigenvalue weighted by atomic mass is 9.84. The van der Waals surface area contributed by atoms with E-state index in [1.165, 1.54) is 29.6 Å². The van der Waals surface area contributed by atoms with E-state index in [2.05, 4.69) is 16.0 Å². The monoisotopic (exact) mass is 256 g/mol. The third kappa shape index (κ3) is 1.56. The number of hydrogen-bond donors (Lipinski definition) is 2. The average molecular weight is 256 g/mol. The molecule has 0 saturated carbocycles. The Labute approximate surface area is 111 Å². The van der Waals surface area contributed by atoms with Crippen LogP contribution in [0.3, 0.4) is 0 Å². The van der Waals surface area contributed by atoms with Crippen LogP contribution in [-0.2, 0) is 11.2 Å². The number of fused-ring (bicyclic) bond motifs is 3. The molecule has 0 unspecified atom stereocenters. The smallest absolute Gasteiger partial charge is 0.307 e. The van der Waals surface area contributed by atoms with Crippen LogP contribution in [0.25, 0.3) is 10.9 Å². The van der Waals surface area contributed by atoms with Crippen molar-refractivity contribution in [1.29, 1.82) is 0 Å². The molecule has 4 heteroatoms. The second-order valence-electron chi connectivity index (χ2n) is 5.60. The average Bonchev–Trinajstić information content (AvgIpc) is 2.80. The van der Waals surface area contributed by atoms with Crippen molar-refractivity contribution in [2.75, 3.05) is 18.0 Å². The predicted molar refractivity (Wildman–Crippen MR) is 73.8 cm³/mol. The number of carboxylic acid groups (broad SMARTS) is 1. The number of rotatable bonds is 2. The van der Waals surface area contributed by atoms with Gasteiger partial charge in [0.15, 0.2) is 0 Å². The number of nitrogens with zero attached hydrogens (tertiary/aromatic N) is 1. The highest BCUT2D eigenvalue weighted by Crippen LogP contribution is 2.45. The van der Waals surface area contributed by atoms with E-state index in [0.717, 1.165) is 24.2 Å². The van der Waals surface area contributed by atoms with Crippen LogP contribution in [0.5, 0.6) is 0 Å². The number of carbonyl (C=O) groups is 1. The lowest BCUT2D eigenvalue weighted by Gasteiger charge is -2.40. The summed E-state index contributed by atoms with van der Waals surface area (Å²) in [6, 6.07) is 5.99. The molecule has 2 bridgehead atoms. The van der Waals surface area contributed by atoms with Gasteiger partial charge in [0.1, 0.15) is 5.82 Å². The topological polar surface area (TPSA) is 56.3 Å². The van der Waals surface area contributed by atoms with Gasteiger partial charge in [-0.3, -0.25) is 4.79 Å². The molecule has 98 valence electrons. The van der Waals surface area contributed by atoms with E-state index in [4.69, 9.17) is 5.11 Å². The molecule has 4 nitrogen and oxygen atoms in total. The summed E-state index contributed by atoms with van der Waals surface area (Å²) in [4.78, 5) is 16.8. The van der Waals surface area contributed by atoms with Crippen LogP contribution < -0.4 is 4.90 Å². The van der Waals surface area contributed by atoms with Crippen LogP contribution in [0, 0.1) is 0 Å². The van der Waals surface area contributed by atoms with Gasteiger partial charge in [0.2, 0.25) is 0 Å². The second-order valence-corrected chi connectivity index (χ2v) is 5.60. The Hall–Kier alpha value is -1.97. The van der Waals surface area contributed by atoms with Gasteiger partial charge in [-0.2, -0.15) is 0 Å². The van der Waals surface area contributed by atoms with Gasteiger partial charge in [0.05, 0.1) is 6.42 Å². The highest BCUT2D eigenvalue weighted by atomic mass is 16.4. The highest BCUT2D eigenvalue weighted by molar-refractivity contribution is 5.91. The first kappa shape index (κ1) is 10.9. The minimum absolute atomic E-state index is 0.101. The molecular weight excluding hydrogens is 240 g/mol. The molecule has 1 aromatic carbocycles. The van der Waals surface area contributed by atoms with Crippen molar-refractivity contribution in [3.63, 3.8) is 0 Å². The quantitative estimate of drug-likeness (QED) is 0.868. The van der Waals surface area contributed by atoms with Crippen LogP contribution in [0.1, 0.15) is 29.9 Å². The number of anilines is 1. The Morgan fingerprint density at radius 1 is 1.37 bits per heavy atom. The Morgan fingerprint density at radius 3 is 2.89 bits per heavy atom. The lowest BCUT2D eigenvalue weighted by Crippen LogP contribution is -2.38. The van der Waals surface area contributed by atoms with E-state index in [0.29, 0.717) is 5.92 Å². The van der Waals surface area contributed by atoms with Crippen LogP contribution in [-0.4, -0.2) is 29.1 Å². The third-order valence-corrected chi connectivity index (χ3v) is 4.46. The maximum absolute atomic E-state index is 10.8. The zero-order chi connectivity index (χ0) is 13.0. The predicted octanol–water partition coefficient (Wildman–Crippen LogP) is 2.49. The summed E-state index contributed by atoms with van der Waals surface area (Å²) in [6.45, 7) is 2.29. The number of aliphatic carboxylic acids is 1. The number of aromatic amines is 1. The van der Waals surface area contributed by atoms with E-state index in [-0.39, 0.29) is 6.42 Å². The standard InChI is InChI=1S/C15H16N2O2/c18-13(19)8-9-1-2-12-11(7-9)14-10-3-5-17(6-4-10)15(14)16-12/h1-2,7,10,16H,3-6,8H2,(H,18,19). The Bertz CT molecular complexity index is 666. The zero-order valence-electron chi connectivity index (χ0n) is 10.6. The fourth-order valence-corrected chi connectivity index (χ4v) is 3.58. The van der Waals surface area contributed by atoms with Gasteiger partial charge in [-0.1, -0.05) is 6.07 Å². The number of benzene rings is 1. The second kappa shape index (κ2) is 3.76. The van der Waals surface area contributed by atoms with Crippen LogP contribution in [0.4, 0.5) is 5.82 Å². The van der Waals surface area contributed by atoms with Crippen molar-refractivity contribution in [3.05, 3.63) is 29.3 Å². The van der Waals surface area contributed by atoms with Crippen molar-refractivity contribution in [2.45, 2.75) is 25.2 Å². The van der Waals surface area contributed by atoms with Crippen molar-refractivity contribution >= 4 is 22.7 Å². The molecule has 1 saturated heterocycles. The van der Waals surface area contributed by atoms with E-state index >= 15 is 0 Å². The minimum atomic E-state index is -0.769. The zero-order valence-corrected chi connectivity index (χ0v) is 10.6. The molecule has 19 heavy (non-hydrogen) atoms. The summed E-state index contributed by atoms with van der Waals surface area (Å²) in [7, 11) is 0. The molecule has 2 aromatic rings. The first-order chi connectivity index (χ1) is 9.22. The highest BCUT2D eigenvalue weighted by Gasteiger charge is 2.33. The van der Waals surface area contributed by atoms with E-state index in [1.54, 1.807) is 0 Å². The minimum Gasteiger partial charge on any atom is -0.481 e.